The van der Waals surface area contributed by atoms with E-state index in [0.29, 0.717) is 23.4 Å². The number of hydrogen-bond donors (Lipinski definition) is 1. The second kappa shape index (κ2) is 6.27. The SMILES string of the molecule is CC(C)CNCc1oc2c(Br)ccc(F)c2c1C(C)C. The minimum atomic E-state index is -0.217. The predicted molar refractivity (Wildman–Crippen MR) is 84.5 cm³/mol. The van der Waals surface area contributed by atoms with Crippen LogP contribution in [0.5, 0.6) is 0 Å². The summed E-state index contributed by atoms with van der Waals surface area (Å²) in [5, 5.41) is 3.97. The third-order valence-corrected chi connectivity index (χ3v) is 3.89. The Balaban J connectivity index is 2.46. The molecule has 0 aliphatic rings. The van der Waals surface area contributed by atoms with E-state index in [2.05, 4.69) is 48.9 Å². The maximum atomic E-state index is 14.1. The zero-order valence-electron chi connectivity index (χ0n) is 12.4. The van der Waals surface area contributed by atoms with E-state index in [1.54, 1.807) is 6.07 Å². The number of benzene rings is 1. The zero-order chi connectivity index (χ0) is 14.9. The lowest BCUT2D eigenvalue weighted by Crippen LogP contribution is -2.19. The molecule has 1 aromatic carbocycles. The number of rotatable bonds is 5. The average molecular weight is 342 g/mol. The Labute approximate surface area is 127 Å². The Hall–Kier alpha value is -0.870. The number of hydrogen-bond acceptors (Lipinski definition) is 2. The molecule has 0 saturated carbocycles. The molecule has 1 aromatic heterocycles. The normalized spacial score (nSPS) is 12.0. The van der Waals surface area contributed by atoms with Gasteiger partial charge in [-0.1, -0.05) is 27.7 Å². The minimum Gasteiger partial charge on any atom is -0.458 e. The van der Waals surface area contributed by atoms with Crippen molar-refractivity contribution in [2.75, 3.05) is 6.54 Å². The summed E-state index contributed by atoms with van der Waals surface area (Å²) >= 11 is 3.44. The molecule has 0 amide bonds. The van der Waals surface area contributed by atoms with Crippen LogP contribution in [0.2, 0.25) is 0 Å². The fourth-order valence-electron chi connectivity index (χ4n) is 2.42. The highest BCUT2D eigenvalue weighted by molar-refractivity contribution is 9.10. The Morgan fingerprint density at radius 3 is 2.55 bits per heavy atom. The van der Waals surface area contributed by atoms with Crippen LogP contribution in [0.15, 0.2) is 21.0 Å². The molecule has 2 nitrogen and oxygen atoms in total. The first-order chi connectivity index (χ1) is 9.41. The van der Waals surface area contributed by atoms with Crippen molar-refractivity contribution in [3.8, 4) is 0 Å². The molecule has 2 aromatic rings. The van der Waals surface area contributed by atoms with Gasteiger partial charge < -0.3 is 9.73 Å². The van der Waals surface area contributed by atoms with Crippen LogP contribution in [0.3, 0.4) is 0 Å². The fraction of sp³-hybridized carbons (Fsp3) is 0.500. The van der Waals surface area contributed by atoms with Crippen molar-refractivity contribution < 1.29 is 8.81 Å². The first kappa shape index (κ1) is 15.5. The van der Waals surface area contributed by atoms with Crippen molar-refractivity contribution in [3.63, 3.8) is 0 Å². The van der Waals surface area contributed by atoms with Gasteiger partial charge in [-0.2, -0.15) is 0 Å². The highest BCUT2D eigenvalue weighted by Gasteiger charge is 2.21. The average Bonchev–Trinajstić information content (AvgIpc) is 2.74. The molecule has 0 bridgehead atoms. The van der Waals surface area contributed by atoms with Gasteiger partial charge in [-0.3, -0.25) is 0 Å². The number of nitrogens with one attached hydrogen (secondary N) is 1. The number of furan rings is 1. The molecular weight excluding hydrogens is 321 g/mol. The quantitative estimate of drug-likeness (QED) is 0.808. The second-order valence-corrected chi connectivity index (χ2v) is 6.71. The number of fused-ring (bicyclic) bond motifs is 1. The third-order valence-electron chi connectivity index (χ3n) is 3.27. The van der Waals surface area contributed by atoms with E-state index >= 15 is 0 Å². The smallest absolute Gasteiger partial charge is 0.151 e. The van der Waals surface area contributed by atoms with Gasteiger partial charge in [0.15, 0.2) is 5.58 Å². The molecule has 0 saturated heterocycles. The summed E-state index contributed by atoms with van der Waals surface area (Å²) < 4.78 is 20.9. The van der Waals surface area contributed by atoms with E-state index in [1.165, 1.54) is 6.07 Å². The molecule has 0 aliphatic carbocycles. The Morgan fingerprint density at radius 2 is 1.95 bits per heavy atom. The van der Waals surface area contributed by atoms with Gasteiger partial charge in [0.1, 0.15) is 11.6 Å². The maximum Gasteiger partial charge on any atom is 0.151 e. The fourth-order valence-corrected chi connectivity index (χ4v) is 2.83. The summed E-state index contributed by atoms with van der Waals surface area (Å²) in [6, 6.07) is 3.18. The predicted octanol–water partition coefficient (Wildman–Crippen LogP) is 5.20. The summed E-state index contributed by atoms with van der Waals surface area (Å²) in [4.78, 5) is 0. The van der Waals surface area contributed by atoms with Crippen LogP contribution < -0.4 is 5.32 Å². The topological polar surface area (TPSA) is 25.2 Å². The van der Waals surface area contributed by atoms with E-state index in [1.807, 2.05) is 0 Å². The molecule has 1 heterocycles. The lowest BCUT2D eigenvalue weighted by atomic mass is 9.99. The van der Waals surface area contributed by atoms with Crippen LogP contribution in [-0.2, 0) is 6.54 Å². The molecule has 4 heteroatoms. The minimum absolute atomic E-state index is 0.217. The van der Waals surface area contributed by atoms with Gasteiger partial charge in [-0.05, 0) is 46.4 Å². The van der Waals surface area contributed by atoms with Crippen LogP contribution in [0, 0.1) is 11.7 Å². The molecule has 1 N–H and O–H groups in total. The molecule has 0 unspecified atom stereocenters. The third kappa shape index (κ3) is 3.07. The summed E-state index contributed by atoms with van der Waals surface area (Å²) in [6.45, 7) is 9.99. The van der Waals surface area contributed by atoms with E-state index in [9.17, 15) is 4.39 Å². The van der Waals surface area contributed by atoms with E-state index < -0.39 is 0 Å². The Kier molecular flexibility index (Phi) is 4.86. The van der Waals surface area contributed by atoms with Crippen molar-refractivity contribution in [3.05, 3.63) is 33.7 Å². The zero-order valence-corrected chi connectivity index (χ0v) is 14.0. The van der Waals surface area contributed by atoms with Crippen LogP contribution in [0.4, 0.5) is 4.39 Å². The molecule has 20 heavy (non-hydrogen) atoms. The molecule has 0 aliphatic heterocycles. The van der Waals surface area contributed by atoms with Crippen molar-refractivity contribution in [1.82, 2.24) is 5.32 Å². The first-order valence-electron chi connectivity index (χ1n) is 7.01. The van der Waals surface area contributed by atoms with Gasteiger partial charge in [0.2, 0.25) is 0 Å². The van der Waals surface area contributed by atoms with Crippen molar-refractivity contribution >= 4 is 26.9 Å². The molecular formula is C16H21BrFNO. The lowest BCUT2D eigenvalue weighted by Gasteiger charge is -2.09. The highest BCUT2D eigenvalue weighted by atomic mass is 79.9. The molecule has 0 atom stereocenters. The van der Waals surface area contributed by atoms with E-state index in [-0.39, 0.29) is 11.7 Å². The summed E-state index contributed by atoms with van der Waals surface area (Å²) in [5.74, 6) is 1.41. The van der Waals surface area contributed by atoms with E-state index in [0.717, 1.165) is 22.3 Å². The number of halogens is 2. The maximum absolute atomic E-state index is 14.1. The van der Waals surface area contributed by atoms with Crippen molar-refractivity contribution in [1.29, 1.82) is 0 Å². The van der Waals surface area contributed by atoms with Gasteiger partial charge in [0, 0.05) is 5.56 Å². The van der Waals surface area contributed by atoms with Crippen LogP contribution in [-0.4, -0.2) is 6.54 Å². The van der Waals surface area contributed by atoms with Gasteiger partial charge in [0.05, 0.1) is 16.4 Å². The highest BCUT2D eigenvalue weighted by Crippen LogP contribution is 2.37. The molecule has 0 spiro atoms. The van der Waals surface area contributed by atoms with Crippen molar-refractivity contribution in [2.45, 2.75) is 40.2 Å². The lowest BCUT2D eigenvalue weighted by molar-refractivity contribution is 0.478. The van der Waals surface area contributed by atoms with Gasteiger partial charge in [-0.15, -0.1) is 0 Å². The molecule has 2 rings (SSSR count). The standard InChI is InChI=1S/C16H21BrFNO/c1-9(2)7-19-8-13-14(10(3)4)15-12(18)6-5-11(17)16(15)20-13/h5-6,9-10,19H,7-8H2,1-4H3. The second-order valence-electron chi connectivity index (χ2n) is 5.85. The van der Waals surface area contributed by atoms with Crippen LogP contribution in [0.25, 0.3) is 11.0 Å². The molecule has 110 valence electrons. The van der Waals surface area contributed by atoms with Crippen LogP contribution >= 0.6 is 15.9 Å². The Morgan fingerprint density at radius 1 is 1.25 bits per heavy atom. The summed E-state index contributed by atoms with van der Waals surface area (Å²) in [6.07, 6.45) is 0. The molecule has 0 radical (unpaired) electrons. The largest absolute Gasteiger partial charge is 0.458 e. The van der Waals surface area contributed by atoms with Crippen LogP contribution in [0.1, 0.15) is 44.9 Å². The summed E-state index contributed by atoms with van der Waals surface area (Å²) in [7, 11) is 0. The van der Waals surface area contributed by atoms with Gasteiger partial charge >= 0.3 is 0 Å². The van der Waals surface area contributed by atoms with Crippen molar-refractivity contribution in [2.24, 2.45) is 5.92 Å². The monoisotopic (exact) mass is 341 g/mol. The first-order valence-corrected chi connectivity index (χ1v) is 7.81. The van der Waals surface area contributed by atoms with E-state index in [4.69, 9.17) is 4.42 Å². The van der Waals surface area contributed by atoms with Gasteiger partial charge in [0.25, 0.3) is 0 Å². The Bertz CT molecular complexity index is 604. The van der Waals surface area contributed by atoms with Gasteiger partial charge in [-0.25, -0.2) is 4.39 Å². The molecule has 0 fully saturated rings. The summed E-state index contributed by atoms with van der Waals surface area (Å²) in [5.41, 5.74) is 1.57.